The van der Waals surface area contributed by atoms with E-state index in [1.807, 2.05) is 101 Å². The van der Waals surface area contributed by atoms with E-state index >= 15 is 0 Å². The zero-order valence-corrected chi connectivity index (χ0v) is 22.6. The van der Waals surface area contributed by atoms with E-state index in [0.717, 1.165) is 43.2 Å². The quantitative estimate of drug-likeness (QED) is 0.0964. The Bertz CT molecular complexity index is 2090. The van der Waals surface area contributed by atoms with Gasteiger partial charge < -0.3 is 4.42 Å². The molecule has 0 saturated heterocycles. The van der Waals surface area contributed by atoms with E-state index in [1.165, 1.54) is 11.3 Å². The Morgan fingerprint density at radius 3 is 2.69 bits per heavy atom. The van der Waals surface area contributed by atoms with Gasteiger partial charge >= 0.3 is 5.63 Å². The molecule has 0 aliphatic rings. The topological polar surface area (TPSA) is 84.8 Å². The van der Waals surface area contributed by atoms with Crippen LogP contribution in [-0.4, -0.2) is 20.6 Å². The van der Waals surface area contributed by atoms with Gasteiger partial charge in [0.05, 0.1) is 28.9 Å². The first kappa shape index (κ1) is 23.5. The maximum atomic E-state index is 12.8. The SMILES string of the molecule is O=c1oc2ccc3ccccc3c2cc1-c1csc(N/N=C/c2c(-c3ccc(Br)cc3)nc3ccccn23)n1. The lowest BCUT2D eigenvalue weighted by Gasteiger charge is -2.04. The number of nitrogens with zero attached hydrogens (tertiary/aromatic N) is 4. The average Bonchev–Trinajstić information content (AvgIpc) is 3.58. The van der Waals surface area contributed by atoms with Gasteiger partial charge in [-0.15, -0.1) is 11.3 Å². The van der Waals surface area contributed by atoms with Gasteiger partial charge in [-0.05, 0) is 47.2 Å². The fourth-order valence-corrected chi connectivity index (χ4v) is 5.53. The Morgan fingerprint density at radius 2 is 1.79 bits per heavy atom. The van der Waals surface area contributed by atoms with E-state index in [9.17, 15) is 4.79 Å². The van der Waals surface area contributed by atoms with Crippen LogP contribution in [0.5, 0.6) is 0 Å². The van der Waals surface area contributed by atoms with Crippen LogP contribution in [0.2, 0.25) is 0 Å². The minimum absolute atomic E-state index is 0.409. The molecule has 39 heavy (non-hydrogen) atoms. The molecule has 0 fully saturated rings. The summed E-state index contributed by atoms with van der Waals surface area (Å²) in [4.78, 5) is 22.2. The maximum absolute atomic E-state index is 12.8. The number of halogens is 1. The summed E-state index contributed by atoms with van der Waals surface area (Å²) >= 11 is 4.85. The Labute approximate surface area is 234 Å². The van der Waals surface area contributed by atoms with Crippen molar-refractivity contribution >= 4 is 66.0 Å². The first-order valence-corrected chi connectivity index (χ1v) is 13.7. The van der Waals surface area contributed by atoms with Crippen LogP contribution in [0.3, 0.4) is 0 Å². The predicted octanol–water partition coefficient (Wildman–Crippen LogP) is 7.59. The van der Waals surface area contributed by atoms with Crippen LogP contribution in [0.25, 0.3) is 49.9 Å². The molecule has 9 heteroatoms. The van der Waals surface area contributed by atoms with Gasteiger partial charge in [0.15, 0.2) is 0 Å². The van der Waals surface area contributed by atoms with Gasteiger partial charge in [-0.3, -0.25) is 9.83 Å². The molecule has 188 valence electrons. The van der Waals surface area contributed by atoms with Crippen molar-refractivity contribution in [2.75, 3.05) is 5.43 Å². The lowest BCUT2D eigenvalue weighted by atomic mass is 10.0. The van der Waals surface area contributed by atoms with Crippen LogP contribution in [0.15, 0.2) is 115 Å². The molecule has 0 bridgehead atoms. The van der Waals surface area contributed by atoms with Crippen molar-refractivity contribution in [1.82, 2.24) is 14.4 Å². The summed E-state index contributed by atoms with van der Waals surface area (Å²) in [6.07, 6.45) is 3.69. The first-order chi connectivity index (χ1) is 19.1. The number of imidazole rings is 1. The zero-order valence-electron chi connectivity index (χ0n) is 20.2. The number of rotatable bonds is 5. The molecule has 0 aliphatic heterocycles. The molecule has 7 rings (SSSR count). The van der Waals surface area contributed by atoms with Crippen molar-refractivity contribution in [3.05, 3.63) is 117 Å². The maximum Gasteiger partial charge on any atom is 0.345 e. The van der Waals surface area contributed by atoms with Crippen LogP contribution in [0.1, 0.15) is 5.69 Å². The number of fused-ring (bicyclic) bond motifs is 4. The van der Waals surface area contributed by atoms with Gasteiger partial charge in [0.1, 0.15) is 11.2 Å². The third-order valence-corrected chi connectivity index (χ3v) is 7.73. The average molecular weight is 592 g/mol. The highest BCUT2D eigenvalue weighted by molar-refractivity contribution is 9.10. The number of aromatic nitrogens is 3. The Hall–Kier alpha value is -4.60. The minimum atomic E-state index is -0.428. The Balaban J connectivity index is 1.21. The van der Waals surface area contributed by atoms with E-state index in [1.54, 1.807) is 6.21 Å². The number of anilines is 1. The molecular formula is C30H18BrN5O2S. The van der Waals surface area contributed by atoms with Gasteiger partial charge in [0.25, 0.3) is 0 Å². The summed E-state index contributed by atoms with van der Waals surface area (Å²) in [5.74, 6) is 0. The number of thiazole rings is 1. The van der Waals surface area contributed by atoms with Crippen molar-refractivity contribution < 1.29 is 4.42 Å². The molecule has 4 aromatic heterocycles. The Morgan fingerprint density at radius 1 is 0.949 bits per heavy atom. The molecule has 7 nitrogen and oxygen atoms in total. The third-order valence-electron chi connectivity index (χ3n) is 6.45. The first-order valence-electron chi connectivity index (χ1n) is 12.1. The van der Waals surface area contributed by atoms with Gasteiger partial charge in [-0.1, -0.05) is 64.5 Å². The van der Waals surface area contributed by atoms with Gasteiger partial charge in [-0.25, -0.2) is 14.8 Å². The standard InChI is InChI=1S/C30H18BrN5O2S/c31-20-11-8-19(9-12-20)28-25(36-14-4-3-7-27(36)34-28)16-32-35-30-33-24(17-39-30)23-15-22-21-6-2-1-5-18(21)10-13-26(22)38-29(23)37/h1-17H,(H,33,35)/b32-16+. The predicted molar refractivity (Wildman–Crippen MR) is 161 cm³/mol. The highest BCUT2D eigenvalue weighted by atomic mass is 79.9. The highest BCUT2D eigenvalue weighted by Crippen LogP contribution is 2.30. The molecule has 0 unspecified atom stereocenters. The molecule has 0 amide bonds. The third kappa shape index (κ3) is 4.31. The molecule has 3 aromatic carbocycles. The van der Waals surface area contributed by atoms with Gasteiger partial charge in [0.2, 0.25) is 5.13 Å². The molecule has 0 radical (unpaired) electrons. The summed E-state index contributed by atoms with van der Waals surface area (Å²) in [7, 11) is 0. The second-order valence-corrected chi connectivity index (χ2v) is 10.6. The van der Waals surface area contributed by atoms with Crippen LogP contribution in [0, 0.1) is 0 Å². The smallest absolute Gasteiger partial charge is 0.345 e. The molecule has 4 heterocycles. The van der Waals surface area contributed by atoms with Crippen LogP contribution in [-0.2, 0) is 0 Å². The second-order valence-electron chi connectivity index (χ2n) is 8.84. The number of pyridine rings is 1. The van der Waals surface area contributed by atoms with E-state index in [4.69, 9.17) is 9.40 Å². The van der Waals surface area contributed by atoms with E-state index in [-0.39, 0.29) is 0 Å². The lowest BCUT2D eigenvalue weighted by Crippen LogP contribution is -2.03. The van der Waals surface area contributed by atoms with E-state index in [2.05, 4.69) is 31.4 Å². The summed E-state index contributed by atoms with van der Waals surface area (Å²) in [6.45, 7) is 0. The molecule has 1 N–H and O–H groups in total. The largest absolute Gasteiger partial charge is 0.422 e. The summed E-state index contributed by atoms with van der Waals surface area (Å²) in [5, 5.41) is 9.81. The van der Waals surface area contributed by atoms with Crippen molar-refractivity contribution in [3.8, 4) is 22.5 Å². The summed E-state index contributed by atoms with van der Waals surface area (Å²) < 4.78 is 8.63. The second kappa shape index (κ2) is 9.61. The van der Waals surface area contributed by atoms with Crippen LogP contribution in [0.4, 0.5) is 5.13 Å². The monoisotopic (exact) mass is 591 g/mol. The van der Waals surface area contributed by atoms with Gasteiger partial charge in [-0.2, -0.15) is 5.10 Å². The molecule has 0 saturated carbocycles. The number of nitrogens with one attached hydrogen (secondary N) is 1. The van der Waals surface area contributed by atoms with Crippen molar-refractivity contribution in [2.24, 2.45) is 5.10 Å². The summed E-state index contributed by atoms with van der Waals surface area (Å²) in [6, 6.07) is 27.5. The minimum Gasteiger partial charge on any atom is -0.422 e. The molecule has 0 atom stereocenters. The van der Waals surface area contributed by atoms with Crippen LogP contribution < -0.4 is 11.1 Å². The van der Waals surface area contributed by atoms with Crippen molar-refractivity contribution in [1.29, 1.82) is 0 Å². The van der Waals surface area contributed by atoms with Gasteiger partial charge in [0, 0.05) is 27.0 Å². The molecule has 0 spiro atoms. The highest BCUT2D eigenvalue weighted by Gasteiger charge is 2.14. The zero-order chi connectivity index (χ0) is 26.3. The normalized spacial score (nSPS) is 11.7. The van der Waals surface area contributed by atoms with Crippen molar-refractivity contribution in [3.63, 3.8) is 0 Å². The van der Waals surface area contributed by atoms with Crippen LogP contribution >= 0.6 is 27.3 Å². The lowest BCUT2D eigenvalue weighted by molar-refractivity contribution is 0.563. The Kier molecular flexibility index (Phi) is 5.79. The van der Waals surface area contributed by atoms with Crippen molar-refractivity contribution in [2.45, 2.75) is 0 Å². The number of hydrogen-bond donors (Lipinski definition) is 1. The molecular weight excluding hydrogens is 574 g/mol. The fraction of sp³-hybridized carbons (Fsp3) is 0. The number of benzene rings is 3. The number of hydrazone groups is 1. The summed E-state index contributed by atoms with van der Waals surface area (Å²) in [5.41, 5.74) is 7.53. The van der Waals surface area contributed by atoms with E-state index < -0.39 is 5.63 Å². The molecule has 7 aromatic rings. The molecule has 0 aliphatic carbocycles. The number of hydrogen-bond acceptors (Lipinski definition) is 7. The van der Waals surface area contributed by atoms with E-state index in [0.29, 0.717) is 22.0 Å². The fourth-order valence-electron chi connectivity index (χ4n) is 4.61.